The SMILES string of the molecule is Cc1cc(CS(=O)(=O)N2CCC(CC(=O)O)CC2)no1. The van der Waals surface area contributed by atoms with E-state index in [0.717, 1.165) is 0 Å². The first-order valence-corrected chi connectivity index (χ1v) is 8.09. The molecule has 0 unspecified atom stereocenters. The summed E-state index contributed by atoms with van der Waals surface area (Å²) < 4.78 is 30.7. The third-order valence-corrected chi connectivity index (χ3v) is 5.25. The molecule has 1 aliphatic rings. The molecule has 1 aromatic rings. The van der Waals surface area contributed by atoms with Crippen molar-refractivity contribution in [2.45, 2.75) is 31.9 Å². The highest BCUT2D eigenvalue weighted by atomic mass is 32.2. The number of piperidine rings is 1. The molecule has 112 valence electrons. The van der Waals surface area contributed by atoms with Gasteiger partial charge < -0.3 is 9.63 Å². The highest BCUT2D eigenvalue weighted by Crippen LogP contribution is 2.23. The van der Waals surface area contributed by atoms with Crippen LogP contribution in [0.2, 0.25) is 0 Å². The molecule has 0 radical (unpaired) electrons. The van der Waals surface area contributed by atoms with Crippen LogP contribution in [0.5, 0.6) is 0 Å². The van der Waals surface area contributed by atoms with Crippen LogP contribution in [-0.2, 0) is 20.6 Å². The van der Waals surface area contributed by atoms with Gasteiger partial charge in [-0.15, -0.1) is 0 Å². The number of aromatic nitrogens is 1. The summed E-state index contributed by atoms with van der Waals surface area (Å²) in [5.74, 6) is -0.360. The Morgan fingerprint density at radius 3 is 2.65 bits per heavy atom. The summed E-state index contributed by atoms with van der Waals surface area (Å²) in [6, 6.07) is 1.61. The second-order valence-electron chi connectivity index (χ2n) is 5.13. The Hall–Kier alpha value is -1.41. The predicted molar refractivity (Wildman–Crippen MR) is 70.4 cm³/mol. The van der Waals surface area contributed by atoms with Crippen LogP contribution >= 0.6 is 0 Å². The standard InChI is InChI=1S/C12H18N2O5S/c1-9-6-11(13-19-9)8-20(17,18)14-4-2-10(3-5-14)7-12(15)16/h6,10H,2-5,7-8H2,1H3,(H,15,16). The minimum Gasteiger partial charge on any atom is -0.481 e. The number of nitrogens with zero attached hydrogens (tertiary/aromatic N) is 2. The molecule has 0 saturated carbocycles. The van der Waals surface area contributed by atoms with Crippen molar-refractivity contribution in [2.75, 3.05) is 13.1 Å². The van der Waals surface area contributed by atoms with Crippen molar-refractivity contribution in [3.05, 3.63) is 17.5 Å². The molecule has 0 amide bonds. The molecule has 1 aromatic heterocycles. The number of rotatable bonds is 5. The van der Waals surface area contributed by atoms with Crippen LogP contribution < -0.4 is 0 Å². The van der Waals surface area contributed by atoms with Crippen LogP contribution in [0, 0.1) is 12.8 Å². The van der Waals surface area contributed by atoms with Crippen LogP contribution in [-0.4, -0.2) is 42.0 Å². The van der Waals surface area contributed by atoms with E-state index in [1.807, 2.05) is 0 Å². The molecule has 20 heavy (non-hydrogen) atoms. The van der Waals surface area contributed by atoms with Crippen molar-refractivity contribution in [2.24, 2.45) is 5.92 Å². The topological polar surface area (TPSA) is 101 Å². The molecule has 2 rings (SSSR count). The van der Waals surface area contributed by atoms with E-state index in [4.69, 9.17) is 9.63 Å². The molecule has 0 bridgehead atoms. The van der Waals surface area contributed by atoms with E-state index in [2.05, 4.69) is 5.16 Å². The third kappa shape index (κ3) is 3.80. The summed E-state index contributed by atoms with van der Waals surface area (Å²) in [5, 5.41) is 12.4. The Morgan fingerprint density at radius 1 is 1.50 bits per heavy atom. The smallest absolute Gasteiger partial charge is 0.303 e. The van der Waals surface area contributed by atoms with Gasteiger partial charge in [-0.3, -0.25) is 4.79 Å². The van der Waals surface area contributed by atoms with Crippen molar-refractivity contribution in [1.82, 2.24) is 9.46 Å². The molecule has 1 N–H and O–H groups in total. The minimum absolute atomic E-state index is 0.0632. The molecule has 1 aliphatic heterocycles. The molecular formula is C12H18N2O5S. The maximum absolute atomic E-state index is 12.2. The van der Waals surface area contributed by atoms with Crippen molar-refractivity contribution in [3.63, 3.8) is 0 Å². The first-order valence-electron chi connectivity index (χ1n) is 6.48. The predicted octanol–water partition coefficient (Wildman–Crippen LogP) is 1.000. The Kier molecular flexibility index (Phi) is 4.44. The molecular weight excluding hydrogens is 284 g/mol. The van der Waals surface area contributed by atoms with Crippen LogP contribution in [0.3, 0.4) is 0 Å². The normalized spacial score (nSPS) is 18.2. The number of aryl methyl sites for hydroxylation is 1. The number of sulfonamides is 1. The average Bonchev–Trinajstić information content (AvgIpc) is 2.74. The summed E-state index contributed by atoms with van der Waals surface area (Å²) in [6.07, 6.45) is 1.28. The van der Waals surface area contributed by atoms with E-state index in [-0.39, 0.29) is 18.1 Å². The maximum atomic E-state index is 12.2. The van der Waals surface area contributed by atoms with Gasteiger partial charge >= 0.3 is 5.97 Å². The van der Waals surface area contributed by atoms with E-state index >= 15 is 0 Å². The van der Waals surface area contributed by atoms with Gasteiger partial charge in [0.05, 0.1) is 0 Å². The lowest BCUT2D eigenvalue weighted by atomic mass is 9.95. The fraction of sp³-hybridized carbons (Fsp3) is 0.667. The first kappa shape index (κ1) is 15.0. The number of hydrogen-bond acceptors (Lipinski definition) is 5. The van der Waals surface area contributed by atoms with Gasteiger partial charge in [0, 0.05) is 25.6 Å². The molecule has 7 nitrogen and oxygen atoms in total. The quantitative estimate of drug-likeness (QED) is 0.870. The lowest BCUT2D eigenvalue weighted by Gasteiger charge is -2.30. The van der Waals surface area contributed by atoms with Gasteiger partial charge in [-0.1, -0.05) is 5.16 Å². The fourth-order valence-electron chi connectivity index (χ4n) is 2.40. The highest BCUT2D eigenvalue weighted by molar-refractivity contribution is 7.88. The van der Waals surface area contributed by atoms with Gasteiger partial charge in [0.2, 0.25) is 10.0 Å². The monoisotopic (exact) mass is 302 g/mol. The molecule has 1 fully saturated rings. The van der Waals surface area contributed by atoms with E-state index in [0.29, 0.717) is 37.4 Å². The van der Waals surface area contributed by atoms with Gasteiger partial charge in [-0.2, -0.15) is 0 Å². The largest absolute Gasteiger partial charge is 0.481 e. The molecule has 8 heteroatoms. The summed E-state index contributed by atoms with van der Waals surface area (Å²) in [4.78, 5) is 10.6. The summed E-state index contributed by atoms with van der Waals surface area (Å²) in [7, 11) is -3.41. The molecule has 0 aliphatic carbocycles. The Bertz CT molecular complexity index is 572. The van der Waals surface area contributed by atoms with Crippen molar-refractivity contribution in [1.29, 1.82) is 0 Å². The zero-order valence-electron chi connectivity index (χ0n) is 11.3. The third-order valence-electron chi connectivity index (χ3n) is 3.44. The van der Waals surface area contributed by atoms with Crippen LogP contribution in [0.1, 0.15) is 30.7 Å². The summed E-state index contributed by atoms with van der Waals surface area (Å²) in [6.45, 7) is 2.45. The fourth-order valence-corrected chi connectivity index (χ4v) is 3.86. The van der Waals surface area contributed by atoms with E-state index in [9.17, 15) is 13.2 Å². The molecule has 0 aromatic carbocycles. The van der Waals surface area contributed by atoms with Gasteiger partial charge in [0.1, 0.15) is 17.2 Å². The van der Waals surface area contributed by atoms with E-state index < -0.39 is 16.0 Å². The van der Waals surface area contributed by atoms with Crippen molar-refractivity contribution in [3.8, 4) is 0 Å². The lowest BCUT2D eigenvalue weighted by Crippen LogP contribution is -2.39. The number of carboxylic acid groups (broad SMARTS) is 1. The van der Waals surface area contributed by atoms with Gasteiger partial charge in [0.15, 0.2) is 0 Å². The maximum Gasteiger partial charge on any atom is 0.303 e. The Labute approximate surface area is 117 Å². The lowest BCUT2D eigenvalue weighted by molar-refractivity contribution is -0.138. The summed E-state index contributed by atoms with van der Waals surface area (Å²) >= 11 is 0. The molecule has 2 heterocycles. The second kappa shape index (κ2) is 5.92. The van der Waals surface area contributed by atoms with Crippen LogP contribution in [0.25, 0.3) is 0 Å². The van der Waals surface area contributed by atoms with E-state index in [1.54, 1.807) is 13.0 Å². The molecule has 0 atom stereocenters. The molecule has 0 spiro atoms. The minimum atomic E-state index is -3.41. The number of carbonyl (C=O) groups is 1. The number of aliphatic carboxylic acids is 1. The Morgan fingerprint density at radius 2 is 2.15 bits per heavy atom. The van der Waals surface area contributed by atoms with Gasteiger partial charge in [-0.25, -0.2) is 12.7 Å². The highest BCUT2D eigenvalue weighted by Gasteiger charge is 2.29. The zero-order chi connectivity index (χ0) is 14.8. The van der Waals surface area contributed by atoms with Gasteiger partial charge in [-0.05, 0) is 25.7 Å². The van der Waals surface area contributed by atoms with Crippen molar-refractivity contribution < 1.29 is 22.8 Å². The molecule has 1 saturated heterocycles. The van der Waals surface area contributed by atoms with Crippen LogP contribution in [0.15, 0.2) is 10.6 Å². The van der Waals surface area contributed by atoms with Gasteiger partial charge in [0.25, 0.3) is 0 Å². The zero-order valence-corrected chi connectivity index (χ0v) is 12.1. The number of hydrogen-bond donors (Lipinski definition) is 1. The Balaban J connectivity index is 1.93. The average molecular weight is 302 g/mol. The van der Waals surface area contributed by atoms with Crippen LogP contribution in [0.4, 0.5) is 0 Å². The second-order valence-corrected chi connectivity index (χ2v) is 7.09. The number of carboxylic acids is 1. The first-order chi connectivity index (χ1) is 9.37. The van der Waals surface area contributed by atoms with E-state index in [1.165, 1.54) is 4.31 Å². The van der Waals surface area contributed by atoms with Crippen molar-refractivity contribution >= 4 is 16.0 Å². The summed E-state index contributed by atoms with van der Waals surface area (Å²) in [5.41, 5.74) is 0.398.